The number of aromatic hydroxyl groups is 1. The van der Waals surface area contributed by atoms with Crippen molar-refractivity contribution in [3.63, 3.8) is 0 Å². The zero-order valence-electron chi connectivity index (χ0n) is 20.1. The second kappa shape index (κ2) is 9.71. The molecule has 2 fully saturated rings. The maximum Gasteiger partial charge on any atom is 0.290 e. The van der Waals surface area contributed by atoms with Crippen LogP contribution in [0.5, 0.6) is 5.75 Å². The van der Waals surface area contributed by atoms with Gasteiger partial charge >= 0.3 is 0 Å². The van der Waals surface area contributed by atoms with Crippen LogP contribution < -0.4 is 26.0 Å². The number of amides is 3. The van der Waals surface area contributed by atoms with Gasteiger partial charge in [0.1, 0.15) is 6.04 Å². The average Bonchev–Trinajstić information content (AvgIpc) is 3.31. The minimum atomic E-state index is -1.52. The Balaban J connectivity index is 1.45. The van der Waals surface area contributed by atoms with Gasteiger partial charge in [-0.3, -0.25) is 14.4 Å². The van der Waals surface area contributed by atoms with Crippen LogP contribution in [0.4, 0.5) is 10.1 Å². The Morgan fingerprint density at radius 3 is 2.58 bits per heavy atom. The number of aromatic nitrogens is 1. The van der Waals surface area contributed by atoms with E-state index < -0.39 is 41.4 Å². The second-order valence-corrected chi connectivity index (χ2v) is 9.29. The van der Waals surface area contributed by atoms with E-state index in [1.165, 1.54) is 6.07 Å². The molecule has 1 aromatic heterocycles. The molecule has 11 nitrogen and oxygen atoms in total. The summed E-state index contributed by atoms with van der Waals surface area (Å²) >= 11 is 0. The van der Waals surface area contributed by atoms with Crippen molar-refractivity contribution in [2.45, 2.75) is 37.9 Å². The summed E-state index contributed by atoms with van der Waals surface area (Å²) in [4.78, 5) is 50.9. The lowest BCUT2D eigenvalue weighted by atomic mass is 9.79. The molecule has 0 aliphatic carbocycles. The Kier molecular flexibility index (Phi) is 6.41. The highest BCUT2D eigenvalue weighted by molar-refractivity contribution is 6.09. The van der Waals surface area contributed by atoms with Gasteiger partial charge < -0.3 is 36.3 Å². The number of β-lactam (4-membered cyclic amide) rings is 1. The molecule has 4 heterocycles. The number of carbonyl (C=O) groups excluding carboxylic acids is 4. The number of carboxylic acids is 1. The van der Waals surface area contributed by atoms with E-state index in [0.717, 1.165) is 17.0 Å². The number of nitrogens with one attached hydrogen (secondary N) is 2. The van der Waals surface area contributed by atoms with Gasteiger partial charge in [-0.25, -0.2) is 4.39 Å². The van der Waals surface area contributed by atoms with Gasteiger partial charge in [0.2, 0.25) is 18.4 Å². The summed E-state index contributed by atoms with van der Waals surface area (Å²) in [7, 11) is 0. The molecule has 38 heavy (non-hydrogen) atoms. The van der Waals surface area contributed by atoms with Gasteiger partial charge in [-0.1, -0.05) is 0 Å². The van der Waals surface area contributed by atoms with Gasteiger partial charge in [0.05, 0.1) is 17.7 Å². The lowest BCUT2D eigenvalue weighted by Crippen LogP contribution is -2.70. The molecule has 196 valence electrons. The van der Waals surface area contributed by atoms with Crippen molar-refractivity contribution in [1.82, 2.24) is 10.2 Å². The Bertz CT molecular complexity index is 1430. The summed E-state index contributed by atoms with van der Waals surface area (Å²) in [5.41, 5.74) is 7.47. The molecule has 1 aromatic carbocycles. The van der Waals surface area contributed by atoms with Crippen LogP contribution >= 0.6 is 0 Å². The molecule has 2 saturated heterocycles. The first-order valence-electron chi connectivity index (χ1n) is 12.0. The fourth-order valence-corrected chi connectivity index (χ4v) is 5.14. The number of halogens is 1. The second-order valence-electron chi connectivity index (χ2n) is 9.29. The molecular weight excluding hydrogens is 497 g/mol. The van der Waals surface area contributed by atoms with E-state index in [1.54, 1.807) is 29.1 Å². The van der Waals surface area contributed by atoms with Crippen LogP contribution in [-0.4, -0.2) is 52.3 Å². The maximum atomic E-state index is 13.5. The van der Waals surface area contributed by atoms with E-state index in [0.29, 0.717) is 41.7 Å². The first kappa shape index (κ1) is 25.1. The molecule has 0 spiro atoms. The number of hydrogen-bond donors (Lipinski definition) is 4. The maximum absolute atomic E-state index is 13.5. The van der Waals surface area contributed by atoms with Crippen LogP contribution in [0.25, 0.3) is 5.57 Å². The van der Waals surface area contributed by atoms with Crippen LogP contribution in [0.2, 0.25) is 0 Å². The average molecular weight is 522 g/mol. The summed E-state index contributed by atoms with van der Waals surface area (Å²) in [6, 6.07) is 5.60. The number of benzene rings is 1. The number of phenolic OH excluding ortho intramolecular Hbond substituents is 1. The minimum Gasteiger partial charge on any atom is -0.543 e. The lowest BCUT2D eigenvalue weighted by Gasteiger charge is -2.50. The summed E-state index contributed by atoms with van der Waals surface area (Å²) in [5, 5.41) is 26.8. The number of allylic oxidation sites excluding steroid dienone is 2. The molecule has 3 aliphatic rings. The number of anilines is 1. The highest BCUT2D eigenvalue weighted by Gasteiger charge is 2.50. The molecule has 2 aromatic rings. The van der Waals surface area contributed by atoms with E-state index >= 15 is 0 Å². The predicted molar refractivity (Wildman–Crippen MR) is 128 cm³/mol. The van der Waals surface area contributed by atoms with Gasteiger partial charge in [0, 0.05) is 36.0 Å². The summed E-state index contributed by atoms with van der Waals surface area (Å²) in [6.07, 6.45) is 4.29. The number of carboxylic acid groups (broad SMARTS) is 1. The molecular formula is C26H24FN5O6. The normalized spacial score (nSPS) is 22.0. The quantitative estimate of drug-likeness (QED) is 0.165. The van der Waals surface area contributed by atoms with Crippen molar-refractivity contribution in [2.75, 3.05) is 11.9 Å². The highest BCUT2D eigenvalue weighted by Crippen LogP contribution is 2.42. The Morgan fingerprint density at radius 1 is 1.21 bits per heavy atom. The number of nitrogens with zero attached hydrogens (tertiary/aromatic N) is 2. The molecule has 12 heteroatoms. The van der Waals surface area contributed by atoms with Gasteiger partial charge in [-0.05, 0) is 48.1 Å². The lowest BCUT2D eigenvalue weighted by molar-refractivity contribution is -0.684. The molecule has 0 saturated carbocycles. The Morgan fingerprint density at radius 2 is 1.95 bits per heavy atom. The molecule has 0 unspecified atom stereocenters. The van der Waals surface area contributed by atoms with Gasteiger partial charge in [-0.2, -0.15) is 4.57 Å². The molecule has 3 aliphatic heterocycles. The number of aliphatic carboxylic acids is 1. The van der Waals surface area contributed by atoms with Crippen LogP contribution in [0.3, 0.4) is 0 Å². The van der Waals surface area contributed by atoms with Crippen molar-refractivity contribution in [2.24, 2.45) is 5.73 Å². The van der Waals surface area contributed by atoms with Crippen molar-refractivity contribution >= 4 is 35.0 Å². The number of phenols is 1. The van der Waals surface area contributed by atoms with Crippen LogP contribution in [-0.2, 0) is 25.7 Å². The number of nitrogens with two attached hydrogens (primary N) is 1. The molecule has 0 bridgehead atoms. The van der Waals surface area contributed by atoms with Crippen molar-refractivity contribution in [3.8, 4) is 5.75 Å². The van der Waals surface area contributed by atoms with Crippen molar-refractivity contribution in [3.05, 3.63) is 70.9 Å². The first-order valence-corrected chi connectivity index (χ1v) is 12.0. The number of fused-ring (bicyclic) bond motifs is 1. The van der Waals surface area contributed by atoms with E-state index in [-0.39, 0.29) is 30.3 Å². The van der Waals surface area contributed by atoms with E-state index in [4.69, 9.17) is 5.73 Å². The summed E-state index contributed by atoms with van der Waals surface area (Å²) in [6.45, 7) is 0.274. The molecule has 2 atom stereocenters. The van der Waals surface area contributed by atoms with Crippen molar-refractivity contribution < 1.29 is 38.3 Å². The van der Waals surface area contributed by atoms with E-state index in [9.17, 15) is 33.8 Å². The van der Waals surface area contributed by atoms with E-state index in [1.807, 2.05) is 0 Å². The van der Waals surface area contributed by atoms with Gasteiger partial charge in [-0.15, -0.1) is 0 Å². The van der Waals surface area contributed by atoms with Gasteiger partial charge in [0.15, 0.2) is 24.0 Å². The molecule has 5 N–H and O–H groups in total. The van der Waals surface area contributed by atoms with Crippen LogP contribution in [0.1, 0.15) is 24.8 Å². The minimum absolute atomic E-state index is 0.121. The molecule has 0 radical (unpaired) electrons. The smallest absolute Gasteiger partial charge is 0.290 e. The fraction of sp³-hybridized carbons (Fsp3) is 0.269. The summed E-state index contributed by atoms with van der Waals surface area (Å²) < 4.78 is 15.1. The third-order valence-electron chi connectivity index (χ3n) is 6.95. The van der Waals surface area contributed by atoms with Crippen molar-refractivity contribution in [1.29, 1.82) is 0 Å². The number of carbonyl (C=O) groups is 4. The third-order valence-corrected chi connectivity index (χ3v) is 6.95. The number of hydrogen-bond acceptors (Lipinski definition) is 7. The van der Waals surface area contributed by atoms with Gasteiger partial charge in [0.25, 0.3) is 5.91 Å². The zero-order chi connectivity index (χ0) is 27.1. The Labute approximate surface area is 216 Å². The molecule has 3 amide bonds. The monoisotopic (exact) mass is 521 g/mol. The largest absolute Gasteiger partial charge is 0.543 e. The van der Waals surface area contributed by atoms with Crippen LogP contribution in [0.15, 0.2) is 59.6 Å². The fourth-order valence-electron chi connectivity index (χ4n) is 5.14. The summed E-state index contributed by atoms with van der Waals surface area (Å²) in [5.74, 6) is -4.18. The number of rotatable bonds is 6. The zero-order valence-corrected chi connectivity index (χ0v) is 20.1. The number of pyridine rings is 1. The highest BCUT2D eigenvalue weighted by atomic mass is 19.1. The van der Waals surface area contributed by atoms with E-state index in [2.05, 4.69) is 10.6 Å². The Hall–Kier alpha value is -4.58. The predicted octanol–water partition coefficient (Wildman–Crippen LogP) is -0.933. The topological polar surface area (TPSA) is 169 Å². The third kappa shape index (κ3) is 4.39. The SMILES string of the molecule is N[C@@H]1C(=O)N2C(C(=O)[O-])=C(C(=C3CCNC3=O)c3cc[n+](CC(=O)Nc4ccc(O)c(F)c4)cc3)CC[C@H]12. The van der Waals surface area contributed by atoms with Crippen LogP contribution in [0, 0.1) is 5.82 Å². The standard InChI is InChI=1S/C26H24FN5O6/c27-17-11-14(1-4-19(17)33)30-20(34)12-31-9-6-13(7-10-31)21(16-5-8-29-24(16)35)15-2-3-18-22(28)25(36)32(18)23(15)26(37)38/h1,4,6-7,9-11,18,22,29H,2-3,5,8,12,28H2,(H2,35,37,38)/t18-,22+/m1/s1. The molecule has 5 rings (SSSR count). The first-order chi connectivity index (χ1) is 18.2.